The van der Waals surface area contributed by atoms with Crippen molar-refractivity contribution in [1.29, 1.82) is 0 Å². The third-order valence-corrected chi connectivity index (χ3v) is 3.43. The van der Waals surface area contributed by atoms with Gasteiger partial charge in [0.1, 0.15) is 10.8 Å². The maximum absolute atomic E-state index is 11.6. The number of hydrogen-bond acceptors (Lipinski definition) is 6. The van der Waals surface area contributed by atoms with Crippen molar-refractivity contribution in [2.75, 3.05) is 5.32 Å². The summed E-state index contributed by atoms with van der Waals surface area (Å²) in [5.74, 6) is 0.933. The summed E-state index contributed by atoms with van der Waals surface area (Å²) >= 11 is 1.44. The van der Waals surface area contributed by atoms with Gasteiger partial charge in [0.05, 0.1) is 12.6 Å². The smallest absolute Gasteiger partial charge is 0.233 e. The lowest BCUT2D eigenvalue weighted by Gasteiger charge is -1.97. The number of anilines is 1. The van der Waals surface area contributed by atoms with Gasteiger partial charge in [0, 0.05) is 5.92 Å². The molecule has 1 amide bonds. The van der Waals surface area contributed by atoms with Gasteiger partial charge in [0.25, 0.3) is 0 Å². The van der Waals surface area contributed by atoms with Crippen LogP contribution in [0.3, 0.4) is 0 Å². The fraction of sp³-hybridized carbons (Fsp3) is 0.400. The van der Waals surface area contributed by atoms with Gasteiger partial charge in [-0.3, -0.25) is 4.79 Å². The Morgan fingerprint density at radius 3 is 3.12 bits per heavy atom. The summed E-state index contributed by atoms with van der Waals surface area (Å²) in [5, 5.41) is 12.3. The SMILES string of the molecule is O=C(Cc1cnco1)Nc1nnc(C2CC2)s1. The van der Waals surface area contributed by atoms with Crippen LogP contribution in [0.1, 0.15) is 29.5 Å². The number of nitrogens with one attached hydrogen (secondary N) is 1. The maximum atomic E-state index is 11.6. The monoisotopic (exact) mass is 250 g/mol. The normalized spacial score (nSPS) is 14.8. The Kier molecular flexibility index (Phi) is 2.60. The first-order chi connectivity index (χ1) is 8.31. The average molecular weight is 250 g/mol. The van der Waals surface area contributed by atoms with Crippen molar-refractivity contribution in [3.05, 3.63) is 23.4 Å². The first kappa shape index (κ1) is 10.4. The van der Waals surface area contributed by atoms with E-state index < -0.39 is 0 Å². The summed E-state index contributed by atoms with van der Waals surface area (Å²) in [6.45, 7) is 0. The highest BCUT2D eigenvalue weighted by Gasteiger charge is 2.27. The molecule has 3 rings (SSSR count). The van der Waals surface area contributed by atoms with E-state index in [-0.39, 0.29) is 12.3 Å². The van der Waals surface area contributed by atoms with Gasteiger partial charge in [-0.2, -0.15) is 0 Å². The summed E-state index contributed by atoms with van der Waals surface area (Å²) in [6, 6.07) is 0. The minimum absolute atomic E-state index is 0.165. The number of nitrogens with zero attached hydrogens (tertiary/aromatic N) is 3. The zero-order valence-electron chi connectivity index (χ0n) is 8.92. The van der Waals surface area contributed by atoms with Crippen molar-refractivity contribution < 1.29 is 9.21 Å². The van der Waals surface area contributed by atoms with E-state index in [1.54, 1.807) is 0 Å². The number of amides is 1. The van der Waals surface area contributed by atoms with Crippen LogP contribution >= 0.6 is 11.3 Å². The van der Waals surface area contributed by atoms with Gasteiger partial charge >= 0.3 is 0 Å². The van der Waals surface area contributed by atoms with Crippen molar-refractivity contribution in [2.24, 2.45) is 0 Å². The van der Waals surface area contributed by atoms with E-state index >= 15 is 0 Å². The van der Waals surface area contributed by atoms with Crippen molar-refractivity contribution in [1.82, 2.24) is 15.2 Å². The Morgan fingerprint density at radius 2 is 2.41 bits per heavy atom. The largest absolute Gasteiger partial charge is 0.448 e. The topological polar surface area (TPSA) is 80.9 Å². The van der Waals surface area contributed by atoms with Crippen LogP contribution < -0.4 is 5.32 Å². The molecule has 2 aromatic rings. The number of oxazole rings is 1. The van der Waals surface area contributed by atoms with Gasteiger partial charge in [-0.15, -0.1) is 10.2 Å². The highest BCUT2D eigenvalue weighted by Crippen LogP contribution is 2.41. The fourth-order valence-electron chi connectivity index (χ4n) is 1.43. The summed E-state index contributed by atoms with van der Waals surface area (Å²) in [5.41, 5.74) is 0. The van der Waals surface area contributed by atoms with Crippen molar-refractivity contribution in [2.45, 2.75) is 25.2 Å². The molecule has 0 aromatic carbocycles. The summed E-state index contributed by atoms with van der Waals surface area (Å²) in [4.78, 5) is 15.4. The Hall–Kier alpha value is -1.76. The Balaban J connectivity index is 1.59. The zero-order chi connectivity index (χ0) is 11.7. The third-order valence-electron chi connectivity index (χ3n) is 2.43. The lowest BCUT2D eigenvalue weighted by Crippen LogP contribution is -2.13. The lowest BCUT2D eigenvalue weighted by molar-refractivity contribution is -0.115. The van der Waals surface area contributed by atoms with Crippen LogP contribution in [0.15, 0.2) is 17.0 Å². The molecule has 88 valence electrons. The molecule has 1 fully saturated rings. The molecule has 0 atom stereocenters. The van der Waals surface area contributed by atoms with Gasteiger partial charge < -0.3 is 9.73 Å². The maximum Gasteiger partial charge on any atom is 0.233 e. The standard InChI is InChI=1S/C10H10N4O2S/c15-8(3-7-4-11-5-16-7)12-10-14-13-9(17-10)6-1-2-6/h4-6H,1-3H2,(H,12,14,15). The Bertz CT molecular complexity index is 518. The molecule has 1 aliphatic carbocycles. The molecule has 7 heteroatoms. The molecular formula is C10H10N4O2S. The predicted molar refractivity (Wildman–Crippen MR) is 60.7 cm³/mol. The molecule has 0 unspecified atom stereocenters. The molecule has 0 aliphatic heterocycles. The van der Waals surface area contributed by atoms with Crippen LogP contribution in [0.5, 0.6) is 0 Å². The van der Waals surface area contributed by atoms with Crippen LogP contribution in [0, 0.1) is 0 Å². The average Bonchev–Trinajstić information content (AvgIpc) is 2.84. The number of aromatic nitrogens is 3. The minimum Gasteiger partial charge on any atom is -0.448 e. The number of carbonyl (C=O) groups excluding carboxylic acids is 1. The lowest BCUT2D eigenvalue weighted by atomic mass is 10.3. The molecule has 0 radical (unpaired) electrons. The molecule has 1 saturated carbocycles. The molecule has 17 heavy (non-hydrogen) atoms. The summed E-state index contributed by atoms with van der Waals surface area (Å²) < 4.78 is 4.99. The second-order valence-electron chi connectivity index (χ2n) is 3.91. The van der Waals surface area contributed by atoms with Gasteiger partial charge in [-0.1, -0.05) is 11.3 Å². The van der Waals surface area contributed by atoms with E-state index in [2.05, 4.69) is 20.5 Å². The fourth-order valence-corrected chi connectivity index (χ4v) is 2.36. The number of rotatable bonds is 4. The number of hydrogen-bond donors (Lipinski definition) is 1. The van der Waals surface area contributed by atoms with Crippen LogP contribution in [0.4, 0.5) is 5.13 Å². The van der Waals surface area contributed by atoms with Crippen molar-refractivity contribution in [3.63, 3.8) is 0 Å². The van der Waals surface area contributed by atoms with E-state index in [1.807, 2.05) is 0 Å². The highest BCUT2D eigenvalue weighted by molar-refractivity contribution is 7.15. The van der Waals surface area contributed by atoms with E-state index in [9.17, 15) is 4.79 Å². The van der Waals surface area contributed by atoms with Crippen LogP contribution in [0.25, 0.3) is 0 Å². The third kappa shape index (κ3) is 2.50. The molecular weight excluding hydrogens is 240 g/mol. The van der Waals surface area contributed by atoms with E-state index in [1.165, 1.54) is 36.8 Å². The Morgan fingerprint density at radius 1 is 1.53 bits per heavy atom. The molecule has 2 heterocycles. The predicted octanol–water partition coefficient (Wildman–Crippen LogP) is 1.58. The van der Waals surface area contributed by atoms with Gasteiger partial charge in [0.2, 0.25) is 11.0 Å². The Labute approximate surface area is 101 Å². The van der Waals surface area contributed by atoms with Crippen LogP contribution in [-0.4, -0.2) is 21.1 Å². The summed E-state index contributed by atoms with van der Waals surface area (Å²) in [6.07, 6.45) is 5.35. The van der Waals surface area contributed by atoms with Crippen LogP contribution in [0.2, 0.25) is 0 Å². The quantitative estimate of drug-likeness (QED) is 0.891. The zero-order valence-corrected chi connectivity index (χ0v) is 9.74. The van der Waals surface area contributed by atoms with E-state index in [0.29, 0.717) is 16.8 Å². The second-order valence-corrected chi connectivity index (χ2v) is 4.92. The van der Waals surface area contributed by atoms with Crippen molar-refractivity contribution in [3.8, 4) is 0 Å². The van der Waals surface area contributed by atoms with Gasteiger partial charge in [-0.25, -0.2) is 4.98 Å². The van der Waals surface area contributed by atoms with Crippen molar-refractivity contribution >= 4 is 22.4 Å². The molecule has 6 nitrogen and oxygen atoms in total. The molecule has 2 aromatic heterocycles. The molecule has 0 spiro atoms. The van der Waals surface area contributed by atoms with Gasteiger partial charge in [0.15, 0.2) is 6.39 Å². The highest BCUT2D eigenvalue weighted by atomic mass is 32.1. The summed E-state index contributed by atoms with van der Waals surface area (Å²) in [7, 11) is 0. The molecule has 1 N–H and O–H groups in total. The molecule has 1 aliphatic rings. The minimum atomic E-state index is -0.166. The first-order valence-electron chi connectivity index (χ1n) is 5.32. The molecule has 0 saturated heterocycles. The molecule has 0 bridgehead atoms. The second kappa shape index (κ2) is 4.25. The van der Waals surface area contributed by atoms with E-state index in [4.69, 9.17) is 4.42 Å². The van der Waals surface area contributed by atoms with Gasteiger partial charge in [-0.05, 0) is 12.8 Å². The first-order valence-corrected chi connectivity index (χ1v) is 6.13. The van der Waals surface area contributed by atoms with E-state index in [0.717, 1.165) is 5.01 Å². The number of carbonyl (C=O) groups is 1. The van der Waals surface area contributed by atoms with Crippen LogP contribution in [-0.2, 0) is 11.2 Å².